The summed E-state index contributed by atoms with van der Waals surface area (Å²) in [7, 11) is 0. The van der Waals surface area contributed by atoms with Gasteiger partial charge < -0.3 is 10.1 Å². The number of benzene rings is 1. The summed E-state index contributed by atoms with van der Waals surface area (Å²) < 4.78 is 4.86. The Labute approximate surface area is 119 Å². The standard InChI is InChI=1S/C16H21NO3/c1-5-20-15(19)9-10-16(4,17-13(3)18)14-8-6-7-12(2)11-14/h6-11H,5H2,1-4H3,(H,17,18)/b10-9+. The average molecular weight is 275 g/mol. The normalized spacial score (nSPS) is 13.8. The molecule has 1 aromatic rings. The largest absolute Gasteiger partial charge is 0.463 e. The van der Waals surface area contributed by atoms with Gasteiger partial charge in [-0.05, 0) is 32.4 Å². The van der Waals surface area contributed by atoms with Gasteiger partial charge >= 0.3 is 5.97 Å². The Bertz CT molecular complexity index is 522. The van der Waals surface area contributed by atoms with Gasteiger partial charge in [-0.2, -0.15) is 0 Å². The molecule has 1 atom stereocenters. The van der Waals surface area contributed by atoms with E-state index in [-0.39, 0.29) is 5.91 Å². The van der Waals surface area contributed by atoms with E-state index in [0.717, 1.165) is 11.1 Å². The topological polar surface area (TPSA) is 55.4 Å². The summed E-state index contributed by atoms with van der Waals surface area (Å²) in [5.74, 6) is -0.584. The number of hydrogen-bond donors (Lipinski definition) is 1. The lowest BCUT2D eigenvalue weighted by molar-refractivity contribution is -0.137. The predicted molar refractivity (Wildman–Crippen MR) is 78.1 cm³/mol. The Morgan fingerprint density at radius 2 is 2.10 bits per heavy atom. The molecule has 1 amide bonds. The first kappa shape index (κ1) is 16.0. The lowest BCUT2D eigenvalue weighted by atomic mass is 9.90. The third-order valence-electron chi connectivity index (χ3n) is 2.89. The van der Waals surface area contributed by atoms with Crippen LogP contribution in [-0.2, 0) is 19.9 Å². The lowest BCUT2D eigenvalue weighted by Crippen LogP contribution is -2.41. The molecule has 0 spiro atoms. The van der Waals surface area contributed by atoms with Crippen molar-refractivity contribution >= 4 is 11.9 Å². The van der Waals surface area contributed by atoms with Gasteiger partial charge in [-0.1, -0.05) is 29.8 Å². The van der Waals surface area contributed by atoms with Crippen LogP contribution in [0.3, 0.4) is 0 Å². The minimum Gasteiger partial charge on any atom is -0.463 e. The van der Waals surface area contributed by atoms with Crippen LogP contribution in [0.2, 0.25) is 0 Å². The number of rotatable bonds is 5. The molecule has 0 aliphatic heterocycles. The Balaban J connectivity index is 3.09. The van der Waals surface area contributed by atoms with E-state index in [9.17, 15) is 9.59 Å². The van der Waals surface area contributed by atoms with E-state index in [1.54, 1.807) is 13.0 Å². The first-order valence-corrected chi connectivity index (χ1v) is 6.59. The molecule has 0 saturated heterocycles. The van der Waals surface area contributed by atoms with Crippen molar-refractivity contribution < 1.29 is 14.3 Å². The number of aryl methyl sites for hydroxylation is 1. The van der Waals surface area contributed by atoms with Gasteiger partial charge in [-0.25, -0.2) is 4.79 Å². The fourth-order valence-electron chi connectivity index (χ4n) is 1.97. The predicted octanol–water partition coefficient (Wildman–Crippen LogP) is 2.47. The number of carbonyl (C=O) groups is 2. The lowest BCUT2D eigenvalue weighted by Gasteiger charge is -2.28. The van der Waals surface area contributed by atoms with Gasteiger partial charge in [0, 0.05) is 13.0 Å². The third-order valence-corrected chi connectivity index (χ3v) is 2.89. The maximum atomic E-state index is 11.5. The van der Waals surface area contributed by atoms with Crippen molar-refractivity contribution in [3.63, 3.8) is 0 Å². The fourth-order valence-corrected chi connectivity index (χ4v) is 1.97. The summed E-state index contributed by atoms with van der Waals surface area (Å²) in [4.78, 5) is 22.9. The van der Waals surface area contributed by atoms with E-state index in [1.807, 2.05) is 38.1 Å². The zero-order valence-corrected chi connectivity index (χ0v) is 12.4. The Morgan fingerprint density at radius 3 is 2.65 bits per heavy atom. The zero-order valence-electron chi connectivity index (χ0n) is 12.4. The van der Waals surface area contributed by atoms with Gasteiger partial charge in [-0.15, -0.1) is 0 Å². The molecule has 0 aliphatic carbocycles. The minimum atomic E-state index is -0.745. The molecule has 1 unspecified atom stereocenters. The molecule has 4 nitrogen and oxygen atoms in total. The quantitative estimate of drug-likeness (QED) is 0.663. The van der Waals surface area contributed by atoms with E-state index in [2.05, 4.69) is 5.32 Å². The summed E-state index contributed by atoms with van der Waals surface area (Å²) in [5.41, 5.74) is 1.25. The van der Waals surface area contributed by atoms with Crippen LogP contribution in [0, 0.1) is 6.92 Å². The summed E-state index contributed by atoms with van der Waals surface area (Å²) >= 11 is 0. The Kier molecular flexibility index (Phi) is 5.50. The number of nitrogens with one attached hydrogen (secondary N) is 1. The zero-order chi connectivity index (χ0) is 15.2. The van der Waals surface area contributed by atoms with Crippen LogP contribution in [0.25, 0.3) is 0 Å². The maximum absolute atomic E-state index is 11.5. The molecule has 0 heterocycles. The molecule has 108 valence electrons. The van der Waals surface area contributed by atoms with Crippen LogP contribution >= 0.6 is 0 Å². The van der Waals surface area contributed by atoms with E-state index in [0.29, 0.717) is 6.61 Å². The van der Waals surface area contributed by atoms with Gasteiger partial charge in [-0.3, -0.25) is 4.79 Å². The molecule has 4 heteroatoms. The van der Waals surface area contributed by atoms with Crippen molar-refractivity contribution in [1.29, 1.82) is 0 Å². The van der Waals surface area contributed by atoms with Crippen LogP contribution in [0.4, 0.5) is 0 Å². The SMILES string of the molecule is CCOC(=O)/C=C/C(C)(NC(C)=O)c1cccc(C)c1. The molecule has 1 aromatic carbocycles. The van der Waals surface area contributed by atoms with Crippen LogP contribution in [0.5, 0.6) is 0 Å². The van der Waals surface area contributed by atoms with Gasteiger partial charge in [0.1, 0.15) is 0 Å². The molecule has 1 rings (SSSR count). The van der Waals surface area contributed by atoms with Crippen LogP contribution in [0.1, 0.15) is 31.9 Å². The Morgan fingerprint density at radius 1 is 1.40 bits per heavy atom. The molecule has 0 radical (unpaired) electrons. The monoisotopic (exact) mass is 275 g/mol. The minimum absolute atomic E-state index is 0.164. The first-order valence-electron chi connectivity index (χ1n) is 6.59. The van der Waals surface area contributed by atoms with E-state index in [1.165, 1.54) is 13.0 Å². The highest BCUT2D eigenvalue weighted by molar-refractivity contribution is 5.82. The second kappa shape index (κ2) is 6.89. The molecule has 0 saturated carbocycles. The second-order valence-corrected chi connectivity index (χ2v) is 4.84. The van der Waals surface area contributed by atoms with E-state index in [4.69, 9.17) is 4.74 Å². The summed E-state index contributed by atoms with van der Waals surface area (Å²) in [5, 5.41) is 2.86. The van der Waals surface area contributed by atoms with Gasteiger partial charge in [0.2, 0.25) is 5.91 Å². The number of hydrogen-bond acceptors (Lipinski definition) is 3. The Hall–Kier alpha value is -2.10. The van der Waals surface area contributed by atoms with Crippen LogP contribution < -0.4 is 5.32 Å². The fraction of sp³-hybridized carbons (Fsp3) is 0.375. The number of esters is 1. The van der Waals surface area contributed by atoms with Crippen molar-refractivity contribution in [1.82, 2.24) is 5.32 Å². The van der Waals surface area contributed by atoms with Crippen molar-refractivity contribution in [3.05, 3.63) is 47.5 Å². The smallest absolute Gasteiger partial charge is 0.330 e. The molecule has 0 fully saturated rings. The van der Waals surface area contributed by atoms with Crippen molar-refractivity contribution in [2.24, 2.45) is 0 Å². The van der Waals surface area contributed by atoms with Gasteiger partial charge in [0.15, 0.2) is 0 Å². The molecule has 20 heavy (non-hydrogen) atoms. The highest BCUT2D eigenvalue weighted by Gasteiger charge is 2.24. The van der Waals surface area contributed by atoms with Gasteiger partial charge in [0.25, 0.3) is 0 Å². The van der Waals surface area contributed by atoms with Crippen LogP contribution in [-0.4, -0.2) is 18.5 Å². The van der Waals surface area contributed by atoms with Crippen molar-refractivity contribution in [2.75, 3.05) is 6.61 Å². The maximum Gasteiger partial charge on any atom is 0.330 e. The molecular weight excluding hydrogens is 254 g/mol. The molecule has 0 bridgehead atoms. The van der Waals surface area contributed by atoms with Crippen molar-refractivity contribution in [3.8, 4) is 0 Å². The van der Waals surface area contributed by atoms with Crippen molar-refractivity contribution in [2.45, 2.75) is 33.2 Å². The molecule has 0 aliphatic rings. The number of amides is 1. The second-order valence-electron chi connectivity index (χ2n) is 4.84. The summed E-state index contributed by atoms with van der Waals surface area (Å²) in [6.07, 6.45) is 3.00. The average Bonchev–Trinajstić information content (AvgIpc) is 2.36. The molecular formula is C16H21NO3. The third kappa shape index (κ3) is 4.53. The molecule has 0 aromatic heterocycles. The number of ether oxygens (including phenoxy) is 1. The highest BCUT2D eigenvalue weighted by Crippen LogP contribution is 2.23. The van der Waals surface area contributed by atoms with Crippen LogP contribution in [0.15, 0.2) is 36.4 Å². The number of carbonyl (C=O) groups excluding carboxylic acids is 2. The van der Waals surface area contributed by atoms with E-state index < -0.39 is 11.5 Å². The van der Waals surface area contributed by atoms with E-state index >= 15 is 0 Å². The summed E-state index contributed by atoms with van der Waals surface area (Å²) in [6, 6.07) is 7.79. The first-order chi connectivity index (χ1) is 9.37. The highest BCUT2D eigenvalue weighted by atomic mass is 16.5. The van der Waals surface area contributed by atoms with Gasteiger partial charge in [0.05, 0.1) is 12.1 Å². The summed E-state index contributed by atoms with van der Waals surface area (Å²) in [6.45, 7) is 7.35. The molecule has 1 N–H and O–H groups in total.